The molecule has 1 saturated heterocycles. The molecule has 2 rings (SSSR count). The summed E-state index contributed by atoms with van der Waals surface area (Å²) in [4.78, 5) is 0. The molecule has 2 fully saturated rings. The van der Waals surface area contributed by atoms with Gasteiger partial charge in [-0.05, 0) is 56.8 Å². The average Bonchev–Trinajstić information content (AvgIpc) is 2.99. The first kappa shape index (κ1) is 16.3. The van der Waals surface area contributed by atoms with Crippen LogP contribution in [0, 0.1) is 11.8 Å². The highest BCUT2D eigenvalue weighted by Crippen LogP contribution is 2.34. The van der Waals surface area contributed by atoms with Crippen LogP contribution in [0.25, 0.3) is 0 Å². The summed E-state index contributed by atoms with van der Waals surface area (Å²) in [5, 5.41) is 0. The maximum absolute atomic E-state index is 6.44. The Morgan fingerprint density at radius 1 is 1.05 bits per heavy atom. The highest BCUT2D eigenvalue weighted by atomic mass is 16.5. The first-order valence-electron chi connectivity index (χ1n) is 9.16. The summed E-state index contributed by atoms with van der Waals surface area (Å²) in [6, 6.07) is 0.448. The molecule has 1 aliphatic carbocycles. The van der Waals surface area contributed by atoms with Crippen molar-refractivity contribution in [3.05, 3.63) is 0 Å². The van der Waals surface area contributed by atoms with Gasteiger partial charge in [-0.15, -0.1) is 0 Å². The monoisotopic (exact) mass is 281 g/mol. The molecule has 118 valence electrons. The van der Waals surface area contributed by atoms with Gasteiger partial charge in [0.1, 0.15) is 0 Å². The van der Waals surface area contributed by atoms with Gasteiger partial charge in [-0.3, -0.25) is 0 Å². The molecule has 1 saturated carbocycles. The smallest absolute Gasteiger partial charge is 0.0576 e. The second kappa shape index (κ2) is 9.04. The minimum atomic E-state index is 0.448. The summed E-state index contributed by atoms with van der Waals surface area (Å²) in [6.45, 7) is 3.29. The highest BCUT2D eigenvalue weighted by molar-refractivity contribution is 4.80. The van der Waals surface area contributed by atoms with Crippen molar-refractivity contribution in [2.45, 2.75) is 96.1 Å². The molecular weight excluding hydrogens is 246 g/mol. The molecule has 0 amide bonds. The van der Waals surface area contributed by atoms with Crippen molar-refractivity contribution in [2.75, 3.05) is 6.61 Å². The lowest BCUT2D eigenvalue weighted by Gasteiger charge is -2.32. The fourth-order valence-electron chi connectivity index (χ4n) is 4.09. The van der Waals surface area contributed by atoms with Gasteiger partial charge in [0.25, 0.3) is 0 Å². The zero-order chi connectivity index (χ0) is 14.2. The second-order valence-electron chi connectivity index (χ2n) is 7.15. The number of nitrogens with two attached hydrogens (primary N) is 1. The van der Waals surface area contributed by atoms with Gasteiger partial charge in [0.15, 0.2) is 0 Å². The van der Waals surface area contributed by atoms with E-state index < -0.39 is 0 Å². The van der Waals surface area contributed by atoms with Gasteiger partial charge in [0.2, 0.25) is 0 Å². The molecule has 20 heavy (non-hydrogen) atoms. The molecule has 0 radical (unpaired) electrons. The number of rotatable bonds is 8. The second-order valence-corrected chi connectivity index (χ2v) is 7.15. The first-order valence-corrected chi connectivity index (χ1v) is 9.16. The van der Waals surface area contributed by atoms with Gasteiger partial charge in [-0.1, -0.05) is 39.0 Å². The van der Waals surface area contributed by atoms with Crippen LogP contribution in [0.1, 0.15) is 84.0 Å². The van der Waals surface area contributed by atoms with E-state index >= 15 is 0 Å². The van der Waals surface area contributed by atoms with Crippen LogP contribution in [0.5, 0.6) is 0 Å². The van der Waals surface area contributed by atoms with Gasteiger partial charge in [0.05, 0.1) is 6.10 Å². The fourth-order valence-corrected chi connectivity index (χ4v) is 4.09. The molecule has 2 atom stereocenters. The Morgan fingerprint density at radius 2 is 1.85 bits per heavy atom. The third kappa shape index (κ3) is 5.37. The topological polar surface area (TPSA) is 35.2 Å². The van der Waals surface area contributed by atoms with Crippen LogP contribution < -0.4 is 5.73 Å². The van der Waals surface area contributed by atoms with Crippen molar-refractivity contribution in [3.8, 4) is 0 Å². The van der Waals surface area contributed by atoms with Crippen molar-refractivity contribution in [2.24, 2.45) is 17.6 Å². The molecule has 2 heteroatoms. The standard InChI is InChI=1S/C18H35NO/c1-2-3-6-15-10-12-16(13-11-15)18(19)9-4-7-17-8-5-14-20-17/h15-18H,2-14,19H2,1H3. The Labute approximate surface area is 125 Å². The van der Waals surface area contributed by atoms with Crippen LogP contribution in [-0.2, 0) is 4.74 Å². The molecule has 2 aliphatic rings. The van der Waals surface area contributed by atoms with E-state index in [2.05, 4.69) is 6.92 Å². The van der Waals surface area contributed by atoms with Crippen molar-refractivity contribution in [3.63, 3.8) is 0 Å². The number of hydrogen-bond acceptors (Lipinski definition) is 2. The van der Waals surface area contributed by atoms with Gasteiger partial charge in [0, 0.05) is 12.6 Å². The predicted octanol–water partition coefficient (Wildman–Crippen LogP) is 4.66. The summed E-state index contributed by atoms with van der Waals surface area (Å²) in [5.74, 6) is 1.81. The van der Waals surface area contributed by atoms with Crippen molar-refractivity contribution >= 4 is 0 Å². The zero-order valence-electron chi connectivity index (χ0n) is 13.5. The zero-order valence-corrected chi connectivity index (χ0v) is 13.5. The van der Waals surface area contributed by atoms with E-state index in [1.807, 2.05) is 0 Å². The average molecular weight is 281 g/mol. The molecular formula is C18H35NO. The quantitative estimate of drug-likeness (QED) is 0.702. The van der Waals surface area contributed by atoms with Gasteiger partial charge >= 0.3 is 0 Å². The Balaban J connectivity index is 1.55. The van der Waals surface area contributed by atoms with Gasteiger partial charge in [-0.2, -0.15) is 0 Å². The van der Waals surface area contributed by atoms with E-state index in [4.69, 9.17) is 10.5 Å². The fraction of sp³-hybridized carbons (Fsp3) is 1.00. The van der Waals surface area contributed by atoms with Crippen LogP contribution in [0.15, 0.2) is 0 Å². The minimum Gasteiger partial charge on any atom is -0.378 e. The lowest BCUT2D eigenvalue weighted by Crippen LogP contribution is -2.33. The molecule has 0 aromatic rings. The summed E-state index contributed by atoms with van der Waals surface area (Å²) in [5.41, 5.74) is 6.44. The van der Waals surface area contributed by atoms with E-state index in [9.17, 15) is 0 Å². The van der Waals surface area contributed by atoms with E-state index in [0.717, 1.165) is 18.4 Å². The Kier molecular flexibility index (Phi) is 7.37. The molecule has 0 bridgehead atoms. The number of hydrogen-bond donors (Lipinski definition) is 1. The largest absolute Gasteiger partial charge is 0.378 e. The SMILES string of the molecule is CCCCC1CCC(C(N)CCCC2CCCO2)CC1. The summed E-state index contributed by atoms with van der Waals surface area (Å²) >= 11 is 0. The van der Waals surface area contributed by atoms with E-state index in [1.54, 1.807) is 0 Å². The van der Waals surface area contributed by atoms with E-state index in [-0.39, 0.29) is 0 Å². The van der Waals surface area contributed by atoms with E-state index in [0.29, 0.717) is 12.1 Å². The molecule has 0 spiro atoms. The molecule has 2 unspecified atom stereocenters. The first-order chi connectivity index (χ1) is 9.79. The molecule has 2 nitrogen and oxygen atoms in total. The Bertz CT molecular complexity index is 242. The minimum absolute atomic E-state index is 0.448. The van der Waals surface area contributed by atoms with Crippen LogP contribution >= 0.6 is 0 Å². The van der Waals surface area contributed by atoms with Gasteiger partial charge < -0.3 is 10.5 Å². The van der Waals surface area contributed by atoms with Crippen LogP contribution in [0.2, 0.25) is 0 Å². The van der Waals surface area contributed by atoms with Crippen LogP contribution in [0.3, 0.4) is 0 Å². The third-order valence-corrected chi connectivity index (χ3v) is 5.55. The van der Waals surface area contributed by atoms with Crippen molar-refractivity contribution in [1.29, 1.82) is 0 Å². The molecule has 0 aromatic carbocycles. The maximum atomic E-state index is 6.44. The molecule has 1 aliphatic heterocycles. The summed E-state index contributed by atoms with van der Waals surface area (Å²) in [6.07, 6.45) is 16.7. The van der Waals surface area contributed by atoms with E-state index in [1.165, 1.54) is 77.0 Å². The number of unbranched alkanes of at least 4 members (excludes halogenated alkanes) is 1. The summed E-state index contributed by atoms with van der Waals surface area (Å²) in [7, 11) is 0. The maximum Gasteiger partial charge on any atom is 0.0576 e. The normalized spacial score (nSPS) is 32.4. The van der Waals surface area contributed by atoms with Crippen LogP contribution in [0.4, 0.5) is 0 Å². The van der Waals surface area contributed by atoms with Crippen molar-refractivity contribution < 1.29 is 4.74 Å². The van der Waals surface area contributed by atoms with Gasteiger partial charge in [-0.25, -0.2) is 0 Å². The van der Waals surface area contributed by atoms with Crippen molar-refractivity contribution in [1.82, 2.24) is 0 Å². The van der Waals surface area contributed by atoms with Crippen LogP contribution in [-0.4, -0.2) is 18.8 Å². The Morgan fingerprint density at radius 3 is 2.50 bits per heavy atom. The molecule has 0 aromatic heterocycles. The lowest BCUT2D eigenvalue weighted by molar-refractivity contribution is 0.100. The molecule has 2 N–H and O–H groups in total. The number of ether oxygens (including phenoxy) is 1. The predicted molar refractivity (Wildman–Crippen MR) is 85.8 cm³/mol. The lowest BCUT2D eigenvalue weighted by atomic mass is 9.76. The molecule has 1 heterocycles. The summed E-state index contributed by atoms with van der Waals surface area (Å²) < 4.78 is 5.69. The highest BCUT2D eigenvalue weighted by Gasteiger charge is 2.25. The Hall–Kier alpha value is -0.0800. The third-order valence-electron chi connectivity index (χ3n) is 5.55.